The predicted octanol–water partition coefficient (Wildman–Crippen LogP) is 3.65. The molecule has 1 aromatic carbocycles. The quantitative estimate of drug-likeness (QED) is 0.767. The molecule has 1 unspecified atom stereocenters. The second kappa shape index (κ2) is 4.31. The van der Waals surface area contributed by atoms with E-state index in [1.807, 2.05) is 6.07 Å². The first kappa shape index (κ1) is 10.6. The van der Waals surface area contributed by atoms with Gasteiger partial charge in [-0.3, -0.25) is 0 Å². The summed E-state index contributed by atoms with van der Waals surface area (Å²) in [4.78, 5) is 0. The summed E-state index contributed by atoms with van der Waals surface area (Å²) in [6.45, 7) is 2.18. The van der Waals surface area contributed by atoms with Crippen molar-refractivity contribution >= 4 is 17.3 Å². The Labute approximate surface area is 95.3 Å². The molecule has 0 amide bonds. The maximum Gasteiger partial charge on any atom is 0.134 e. The van der Waals surface area contributed by atoms with Crippen molar-refractivity contribution in [3.05, 3.63) is 23.2 Å². The third-order valence-corrected chi connectivity index (χ3v) is 3.05. The average Bonchev–Trinajstić information content (AvgIpc) is 2.95. The Bertz CT molecular complexity index is 349. The van der Waals surface area contributed by atoms with Crippen LogP contribution in [0, 0.1) is 5.92 Å². The Morgan fingerprint density at radius 1 is 1.53 bits per heavy atom. The van der Waals surface area contributed by atoms with Gasteiger partial charge in [0.05, 0.1) is 5.02 Å². The molecule has 1 atom stereocenters. The Balaban J connectivity index is 1.93. The van der Waals surface area contributed by atoms with Gasteiger partial charge in [0.2, 0.25) is 0 Å². The van der Waals surface area contributed by atoms with Crippen LogP contribution in [-0.4, -0.2) is 11.1 Å². The van der Waals surface area contributed by atoms with E-state index in [0.29, 0.717) is 11.1 Å². The van der Waals surface area contributed by atoms with Gasteiger partial charge in [0.25, 0.3) is 0 Å². The Morgan fingerprint density at radius 2 is 2.27 bits per heavy atom. The van der Waals surface area contributed by atoms with Gasteiger partial charge >= 0.3 is 0 Å². The van der Waals surface area contributed by atoms with Crippen LogP contribution in [-0.2, 0) is 0 Å². The average molecular weight is 226 g/mol. The first-order chi connectivity index (χ1) is 7.15. The summed E-state index contributed by atoms with van der Waals surface area (Å²) in [6, 6.07) is 5.71. The van der Waals surface area contributed by atoms with Gasteiger partial charge in [-0.25, -0.2) is 0 Å². The van der Waals surface area contributed by atoms with Gasteiger partial charge < -0.3 is 10.4 Å². The molecule has 2 rings (SSSR count). The van der Waals surface area contributed by atoms with Crippen LogP contribution in [0.1, 0.15) is 26.2 Å². The third-order valence-electron chi connectivity index (χ3n) is 2.74. The fourth-order valence-electron chi connectivity index (χ4n) is 1.79. The van der Waals surface area contributed by atoms with Crippen LogP contribution in [0.2, 0.25) is 5.02 Å². The second-order valence-electron chi connectivity index (χ2n) is 4.39. The first-order valence-electron chi connectivity index (χ1n) is 5.40. The van der Waals surface area contributed by atoms with Crippen molar-refractivity contribution in [3.63, 3.8) is 0 Å². The second-order valence-corrected chi connectivity index (χ2v) is 4.80. The van der Waals surface area contributed by atoms with Crippen molar-refractivity contribution in [1.82, 2.24) is 0 Å². The highest BCUT2D eigenvalue weighted by atomic mass is 35.5. The van der Waals surface area contributed by atoms with Gasteiger partial charge in [0.15, 0.2) is 0 Å². The molecule has 1 fully saturated rings. The van der Waals surface area contributed by atoms with Crippen molar-refractivity contribution in [2.75, 3.05) is 5.32 Å². The molecule has 0 heterocycles. The van der Waals surface area contributed by atoms with Gasteiger partial charge in [-0.05, 0) is 37.5 Å². The van der Waals surface area contributed by atoms with Crippen LogP contribution in [0.25, 0.3) is 0 Å². The van der Waals surface area contributed by atoms with Gasteiger partial charge in [-0.1, -0.05) is 24.4 Å². The van der Waals surface area contributed by atoms with E-state index < -0.39 is 0 Å². The van der Waals surface area contributed by atoms with Gasteiger partial charge in [0, 0.05) is 11.7 Å². The molecule has 0 aromatic heterocycles. The number of rotatable bonds is 4. The lowest BCUT2D eigenvalue weighted by atomic mass is 10.1. The van der Waals surface area contributed by atoms with E-state index in [2.05, 4.69) is 12.2 Å². The summed E-state index contributed by atoms with van der Waals surface area (Å²) < 4.78 is 0. The summed E-state index contributed by atoms with van der Waals surface area (Å²) in [5.41, 5.74) is 0.978. The van der Waals surface area contributed by atoms with E-state index in [0.717, 1.165) is 11.6 Å². The molecule has 1 saturated carbocycles. The van der Waals surface area contributed by atoms with Gasteiger partial charge in [0.1, 0.15) is 5.75 Å². The van der Waals surface area contributed by atoms with E-state index in [4.69, 9.17) is 11.6 Å². The number of hydrogen-bond acceptors (Lipinski definition) is 2. The van der Waals surface area contributed by atoms with E-state index in [1.54, 1.807) is 12.1 Å². The summed E-state index contributed by atoms with van der Waals surface area (Å²) in [5, 5.41) is 13.1. The molecule has 0 bridgehead atoms. The summed E-state index contributed by atoms with van der Waals surface area (Å²) in [5.74, 6) is 1.05. The molecule has 2 N–H and O–H groups in total. The summed E-state index contributed by atoms with van der Waals surface area (Å²) >= 11 is 5.83. The Morgan fingerprint density at radius 3 is 2.87 bits per heavy atom. The smallest absolute Gasteiger partial charge is 0.134 e. The number of aromatic hydroxyl groups is 1. The molecule has 1 aliphatic rings. The number of hydrogen-bond donors (Lipinski definition) is 2. The highest BCUT2D eigenvalue weighted by Gasteiger charge is 2.23. The zero-order valence-corrected chi connectivity index (χ0v) is 9.59. The fraction of sp³-hybridized carbons (Fsp3) is 0.500. The molecule has 1 aromatic rings. The SMILES string of the molecule is CC(CC1CC1)Nc1ccc(O)c(Cl)c1. The van der Waals surface area contributed by atoms with Crippen LogP contribution >= 0.6 is 11.6 Å². The highest BCUT2D eigenvalue weighted by molar-refractivity contribution is 6.32. The lowest BCUT2D eigenvalue weighted by Crippen LogP contribution is -2.15. The highest BCUT2D eigenvalue weighted by Crippen LogP contribution is 2.34. The minimum absolute atomic E-state index is 0.136. The van der Waals surface area contributed by atoms with Crippen LogP contribution in [0.3, 0.4) is 0 Å². The number of phenolic OH excluding ortho intramolecular Hbond substituents is 1. The van der Waals surface area contributed by atoms with Crippen molar-refractivity contribution in [1.29, 1.82) is 0 Å². The summed E-state index contributed by atoms with van der Waals surface area (Å²) in [7, 11) is 0. The maximum absolute atomic E-state index is 9.27. The predicted molar refractivity (Wildman–Crippen MR) is 63.5 cm³/mol. The zero-order valence-electron chi connectivity index (χ0n) is 8.83. The van der Waals surface area contributed by atoms with E-state index in [9.17, 15) is 5.11 Å². The fourth-order valence-corrected chi connectivity index (χ4v) is 1.97. The first-order valence-corrected chi connectivity index (χ1v) is 5.78. The molecular formula is C12H16ClNO. The minimum atomic E-state index is 0.136. The van der Waals surface area contributed by atoms with Crippen LogP contribution < -0.4 is 5.32 Å². The maximum atomic E-state index is 9.27. The monoisotopic (exact) mass is 225 g/mol. The van der Waals surface area contributed by atoms with E-state index in [-0.39, 0.29) is 5.75 Å². The van der Waals surface area contributed by atoms with Crippen LogP contribution in [0.5, 0.6) is 5.75 Å². The minimum Gasteiger partial charge on any atom is -0.506 e. The Hall–Kier alpha value is -0.890. The molecule has 0 saturated heterocycles. The molecule has 15 heavy (non-hydrogen) atoms. The molecule has 3 heteroatoms. The van der Waals surface area contributed by atoms with Crippen LogP contribution in [0.4, 0.5) is 5.69 Å². The molecule has 0 spiro atoms. The van der Waals surface area contributed by atoms with Crippen LogP contribution in [0.15, 0.2) is 18.2 Å². The van der Waals surface area contributed by atoms with Crippen molar-refractivity contribution in [2.24, 2.45) is 5.92 Å². The molecule has 82 valence electrons. The number of benzene rings is 1. The molecule has 2 nitrogen and oxygen atoms in total. The van der Waals surface area contributed by atoms with Crippen molar-refractivity contribution in [3.8, 4) is 5.75 Å². The van der Waals surface area contributed by atoms with Gasteiger partial charge in [-0.2, -0.15) is 0 Å². The molecule has 0 radical (unpaired) electrons. The number of halogens is 1. The normalized spacial score (nSPS) is 17.5. The van der Waals surface area contributed by atoms with E-state index >= 15 is 0 Å². The number of phenols is 1. The topological polar surface area (TPSA) is 32.3 Å². The van der Waals surface area contributed by atoms with Crippen molar-refractivity contribution < 1.29 is 5.11 Å². The lowest BCUT2D eigenvalue weighted by Gasteiger charge is -2.15. The standard InChI is InChI=1S/C12H16ClNO/c1-8(6-9-2-3-9)14-10-4-5-12(15)11(13)7-10/h4-5,7-9,14-15H,2-3,6H2,1H3. The van der Waals surface area contributed by atoms with E-state index in [1.165, 1.54) is 19.3 Å². The molecule has 0 aliphatic heterocycles. The summed E-state index contributed by atoms with van der Waals surface area (Å²) in [6.07, 6.45) is 3.98. The zero-order chi connectivity index (χ0) is 10.8. The number of anilines is 1. The Kier molecular flexibility index (Phi) is 3.06. The molecular weight excluding hydrogens is 210 g/mol. The lowest BCUT2D eigenvalue weighted by molar-refractivity contribution is 0.475. The van der Waals surface area contributed by atoms with Gasteiger partial charge in [-0.15, -0.1) is 0 Å². The largest absolute Gasteiger partial charge is 0.506 e. The third kappa shape index (κ3) is 3.03. The molecule has 1 aliphatic carbocycles. The number of nitrogens with one attached hydrogen (secondary N) is 1. The van der Waals surface area contributed by atoms with Crippen molar-refractivity contribution in [2.45, 2.75) is 32.2 Å².